The van der Waals surface area contributed by atoms with E-state index in [1.54, 1.807) is 6.07 Å². The van der Waals surface area contributed by atoms with Crippen LogP contribution in [0.25, 0.3) is 0 Å². The molecule has 1 fully saturated rings. The van der Waals surface area contributed by atoms with Crippen LogP contribution in [0.3, 0.4) is 0 Å². The molecule has 0 radical (unpaired) electrons. The van der Waals surface area contributed by atoms with Gasteiger partial charge < -0.3 is 14.8 Å². The summed E-state index contributed by atoms with van der Waals surface area (Å²) in [7, 11) is 2.99. The van der Waals surface area contributed by atoms with Gasteiger partial charge in [-0.3, -0.25) is 10.1 Å². The van der Waals surface area contributed by atoms with E-state index in [1.807, 2.05) is 11.8 Å². The first-order valence-electron chi connectivity index (χ1n) is 6.29. The van der Waals surface area contributed by atoms with Crippen LogP contribution in [0.15, 0.2) is 6.07 Å². The molecule has 20 heavy (non-hydrogen) atoms. The van der Waals surface area contributed by atoms with Crippen LogP contribution in [0.1, 0.15) is 6.42 Å². The Hall–Kier alpha value is -1.54. The molecule has 0 bridgehead atoms. The van der Waals surface area contributed by atoms with Gasteiger partial charge in [0.05, 0.1) is 20.3 Å². The van der Waals surface area contributed by atoms with Crippen molar-refractivity contribution in [2.24, 2.45) is 0 Å². The van der Waals surface area contributed by atoms with Crippen molar-refractivity contribution in [3.05, 3.63) is 6.07 Å². The van der Waals surface area contributed by atoms with Crippen LogP contribution < -0.4 is 20.1 Å². The van der Waals surface area contributed by atoms with Crippen LogP contribution in [0.4, 0.5) is 5.95 Å². The van der Waals surface area contributed by atoms with E-state index < -0.39 is 0 Å². The number of carbonyl (C=O) groups excluding carboxylic acids is 1. The third-order valence-electron chi connectivity index (χ3n) is 2.78. The molecule has 2 N–H and O–H groups in total. The van der Waals surface area contributed by atoms with Crippen LogP contribution in [-0.2, 0) is 4.79 Å². The van der Waals surface area contributed by atoms with Crippen LogP contribution in [0, 0.1) is 0 Å². The molecule has 1 atom stereocenters. The topological polar surface area (TPSA) is 85.4 Å². The number of hydrogen-bond donors (Lipinski definition) is 2. The third-order valence-corrected chi connectivity index (χ3v) is 3.91. The van der Waals surface area contributed by atoms with Crippen LogP contribution in [-0.4, -0.2) is 54.2 Å². The van der Waals surface area contributed by atoms with Gasteiger partial charge in [0, 0.05) is 30.5 Å². The molecule has 2 heterocycles. The summed E-state index contributed by atoms with van der Waals surface area (Å²) in [6.45, 7) is 0.937. The number of aromatic nitrogens is 2. The second-order valence-corrected chi connectivity index (χ2v) is 5.40. The highest BCUT2D eigenvalue weighted by Crippen LogP contribution is 2.17. The lowest BCUT2D eigenvalue weighted by molar-refractivity contribution is -0.116. The van der Waals surface area contributed by atoms with E-state index in [4.69, 9.17) is 9.47 Å². The summed E-state index contributed by atoms with van der Waals surface area (Å²) >= 11 is 1.85. The lowest BCUT2D eigenvalue weighted by atomic mass is 10.2. The maximum atomic E-state index is 12.0. The lowest BCUT2D eigenvalue weighted by Gasteiger charge is -2.22. The summed E-state index contributed by atoms with van der Waals surface area (Å²) in [4.78, 5) is 20.1. The van der Waals surface area contributed by atoms with Gasteiger partial charge in [-0.15, -0.1) is 0 Å². The van der Waals surface area contributed by atoms with Gasteiger partial charge in [-0.2, -0.15) is 21.7 Å². The summed E-state index contributed by atoms with van der Waals surface area (Å²) in [6.07, 6.45) is 0.399. The Morgan fingerprint density at radius 1 is 1.45 bits per heavy atom. The average molecular weight is 298 g/mol. The second-order valence-electron chi connectivity index (χ2n) is 4.25. The van der Waals surface area contributed by atoms with Gasteiger partial charge >= 0.3 is 0 Å². The van der Waals surface area contributed by atoms with Crippen molar-refractivity contribution in [3.8, 4) is 11.8 Å². The summed E-state index contributed by atoms with van der Waals surface area (Å²) in [5.41, 5.74) is 0. The largest absolute Gasteiger partial charge is 0.481 e. The van der Waals surface area contributed by atoms with Gasteiger partial charge in [0.25, 0.3) is 0 Å². The number of thioether (sulfide) groups is 1. The number of methoxy groups -OCH3 is 2. The minimum Gasteiger partial charge on any atom is -0.481 e. The van der Waals surface area contributed by atoms with Crippen molar-refractivity contribution in [1.82, 2.24) is 15.3 Å². The van der Waals surface area contributed by atoms with Crippen LogP contribution in [0.2, 0.25) is 0 Å². The summed E-state index contributed by atoms with van der Waals surface area (Å²) in [5, 5.41) is 5.98. The molecule has 1 unspecified atom stereocenters. The van der Waals surface area contributed by atoms with Crippen molar-refractivity contribution in [2.45, 2.75) is 12.5 Å². The van der Waals surface area contributed by atoms with Crippen molar-refractivity contribution in [3.63, 3.8) is 0 Å². The number of ether oxygens (including phenoxy) is 2. The Morgan fingerprint density at radius 2 is 2.15 bits per heavy atom. The zero-order chi connectivity index (χ0) is 14.4. The zero-order valence-electron chi connectivity index (χ0n) is 11.5. The SMILES string of the molecule is COc1cc(OC)nc(NC(=O)CC2CSCCN2)n1. The standard InChI is InChI=1S/C12H18N4O3S/c1-18-10-6-11(19-2)16-12(15-10)14-9(17)5-8-7-20-4-3-13-8/h6,8,13H,3-5,7H2,1-2H3,(H,14,15,16,17). The van der Waals surface area contributed by atoms with Crippen LogP contribution in [0.5, 0.6) is 11.8 Å². The van der Waals surface area contributed by atoms with Gasteiger partial charge in [-0.25, -0.2) is 0 Å². The molecule has 8 heteroatoms. The number of carbonyl (C=O) groups is 1. The first-order valence-corrected chi connectivity index (χ1v) is 7.44. The molecule has 1 aliphatic rings. The Bertz CT molecular complexity index is 444. The van der Waals surface area contributed by atoms with Gasteiger partial charge in [-0.05, 0) is 0 Å². The van der Waals surface area contributed by atoms with E-state index in [1.165, 1.54) is 14.2 Å². The van der Waals surface area contributed by atoms with E-state index >= 15 is 0 Å². The fourth-order valence-electron chi connectivity index (χ4n) is 1.82. The Kier molecular flexibility index (Phi) is 5.42. The molecule has 7 nitrogen and oxygen atoms in total. The highest BCUT2D eigenvalue weighted by Gasteiger charge is 2.17. The maximum Gasteiger partial charge on any atom is 0.236 e. The zero-order valence-corrected chi connectivity index (χ0v) is 12.3. The average Bonchev–Trinajstić information content (AvgIpc) is 2.47. The number of amides is 1. The predicted molar refractivity (Wildman–Crippen MR) is 77.5 cm³/mol. The molecule has 0 saturated carbocycles. The number of hydrogen-bond acceptors (Lipinski definition) is 7. The Balaban J connectivity index is 1.95. The van der Waals surface area contributed by atoms with Gasteiger partial charge in [-0.1, -0.05) is 0 Å². The summed E-state index contributed by atoms with van der Waals surface area (Å²) < 4.78 is 10.1. The monoisotopic (exact) mass is 298 g/mol. The molecule has 1 aromatic rings. The summed E-state index contributed by atoms with van der Waals surface area (Å²) in [6, 6.07) is 1.75. The first-order chi connectivity index (χ1) is 9.71. The van der Waals surface area contributed by atoms with Gasteiger partial charge in [0.1, 0.15) is 0 Å². The predicted octanol–water partition coefficient (Wildman–Crippen LogP) is 0.527. The molecule has 1 aliphatic heterocycles. The lowest BCUT2D eigenvalue weighted by Crippen LogP contribution is -2.40. The minimum atomic E-state index is -0.125. The van der Waals surface area contributed by atoms with Crippen molar-refractivity contribution in [1.29, 1.82) is 0 Å². The molecule has 1 aromatic heterocycles. The number of anilines is 1. The molecule has 2 rings (SSSR count). The van der Waals surface area contributed by atoms with E-state index in [-0.39, 0.29) is 17.9 Å². The number of rotatable bonds is 5. The normalized spacial score (nSPS) is 18.4. The van der Waals surface area contributed by atoms with E-state index in [2.05, 4.69) is 20.6 Å². The fourth-order valence-corrected chi connectivity index (χ4v) is 2.77. The molecular weight excluding hydrogens is 280 g/mol. The Labute approximate surface area is 121 Å². The molecular formula is C12H18N4O3S. The van der Waals surface area contributed by atoms with Crippen LogP contribution >= 0.6 is 11.8 Å². The maximum absolute atomic E-state index is 12.0. The first kappa shape index (κ1) is 14.9. The molecule has 0 aliphatic carbocycles. The van der Waals surface area contributed by atoms with Crippen molar-refractivity contribution >= 4 is 23.6 Å². The number of nitrogens with one attached hydrogen (secondary N) is 2. The van der Waals surface area contributed by atoms with Gasteiger partial charge in [0.15, 0.2) is 0 Å². The smallest absolute Gasteiger partial charge is 0.236 e. The quantitative estimate of drug-likeness (QED) is 0.820. The second kappa shape index (κ2) is 7.30. The highest BCUT2D eigenvalue weighted by molar-refractivity contribution is 7.99. The van der Waals surface area contributed by atoms with Crippen molar-refractivity contribution in [2.75, 3.05) is 37.6 Å². The van der Waals surface area contributed by atoms with E-state index in [0.717, 1.165) is 18.1 Å². The molecule has 0 spiro atoms. The molecule has 1 amide bonds. The molecule has 110 valence electrons. The minimum absolute atomic E-state index is 0.125. The molecule has 1 saturated heterocycles. The number of nitrogens with zero attached hydrogens (tertiary/aromatic N) is 2. The molecule has 0 aromatic carbocycles. The van der Waals surface area contributed by atoms with E-state index in [0.29, 0.717) is 18.2 Å². The van der Waals surface area contributed by atoms with Crippen molar-refractivity contribution < 1.29 is 14.3 Å². The van der Waals surface area contributed by atoms with Gasteiger partial charge in [0.2, 0.25) is 23.6 Å². The third kappa shape index (κ3) is 4.24. The van der Waals surface area contributed by atoms with E-state index in [9.17, 15) is 4.79 Å². The summed E-state index contributed by atoms with van der Waals surface area (Å²) in [5.74, 6) is 2.79. The highest BCUT2D eigenvalue weighted by atomic mass is 32.2. The Morgan fingerprint density at radius 3 is 2.70 bits per heavy atom. The fraction of sp³-hybridized carbons (Fsp3) is 0.583.